The number of aliphatic hydroxyl groups is 1. The van der Waals surface area contributed by atoms with E-state index in [0.29, 0.717) is 5.56 Å². The van der Waals surface area contributed by atoms with Crippen molar-refractivity contribution in [2.75, 3.05) is 0 Å². The molecule has 0 saturated carbocycles. The molecule has 0 bridgehead atoms. The second-order valence-electron chi connectivity index (χ2n) is 7.61. The van der Waals surface area contributed by atoms with Gasteiger partial charge in [0.05, 0.1) is 17.4 Å². The second-order valence-corrected chi connectivity index (χ2v) is 8.52. The average Bonchev–Trinajstić information content (AvgIpc) is 2.61. The molecule has 0 aromatic heterocycles. The van der Waals surface area contributed by atoms with E-state index in [2.05, 4.69) is 15.9 Å². The first-order chi connectivity index (χ1) is 13.0. The SMILES string of the molecule is CC(C)(c1ccc(Br)cc1)C(F)(F)F.CC(C)(c1ccc(CO)cc1)C(F)(F)F. The average molecular weight is 485 g/mol. The van der Waals surface area contributed by atoms with Crippen LogP contribution in [0.3, 0.4) is 0 Å². The van der Waals surface area contributed by atoms with Gasteiger partial charge in [-0.1, -0.05) is 52.3 Å². The van der Waals surface area contributed by atoms with Gasteiger partial charge in [0, 0.05) is 4.47 Å². The Hall–Kier alpha value is -1.54. The van der Waals surface area contributed by atoms with Gasteiger partial charge >= 0.3 is 12.4 Å². The predicted octanol–water partition coefficient (Wildman–Crippen LogP) is 7.31. The Labute approximate surface area is 174 Å². The minimum absolute atomic E-state index is 0.160. The maximum Gasteiger partial charge on any atom is 0.397 e. The van der Waals surface area contributed by atoms with Crippen molar-refractivity contribution in [3.63, 3.8) is 0 Å². The molecule has 0 atom stereocenters. The zero-order valence-corrected chi connectivity index (χ0v) is 18.0. The van der Waals surface area contributed by atoms with Gasteiger partial charge in [0.1, 0.15) is 0 Å². The topological polar surface area (TPSA) is 20.2 Å². The fourth-order valence-corrected chi connectivity index (χ4v) is 2.49. The van der Waals surface area contributed by atoms with Crippen molar-refractivity contribution in [2.45, 2.75) is 57.5 Å². The van der Waals surface area contributed by atoms with Gasteiger partial charge in [-0.25, -0.2) is 0 Å². The maximum atomic E-state index is 12.7. The molecule has 0 aliphatic heterocycles. The highest BCUT2D eigenvalue weighted by molar-refractivity contribution is 9.10. The number of hydrogen-bond donors (Lipinski definition) is 1. The molecule has 1 nitrogen and oxygen atoms in total. The molecule has 0 spiro atoms. The lowest BCUT2D eigenvalue weighted by Crippen LogP contribution is -2.36. The summed E-state index contributed by atoms with van der Waals surface area (Å²) in [5.74, 6) is 0. The minimum Gasteiger partial charge on any atom is -0.392 e. The van der Waals surface area contributed by atoms with Gasteiger partial charge < -0.3 is 5.11 Å². The fourth-order valence-electron chi connectivity index (χ4n) is 2.22. The number of alkyl halides is 6. The van der Waals surface area contributed by atoms with E-state index >= 15 is 0 Å². The van der Waals surface area contributed by atoms with Crippen molar-refractivity contribution in [3.8, 4) is 0 Å². The molecular formula is C21H23BrF6O. The van der Waals surface area contributed by atoms with Crippen molar-refractivity contribution in [1.29, 1.82) is 0 Å². The number of halogens is 7. The Kier molecular flexibility index (Phi) is 7.98. The zero-order valence-electron chi connectivity index (χ0n) is 16.4. The standard InChI is InChI=1S/C11H13F3O.C10H10BrF3/c1-10(2,11(12,13)14)9-5-3-8(7-15)4-6-9;1-9(2,10(12,13)14)7-3-5-8(11)6-4-7/h3-6,15H,7H2,1-2H3;3-6H,1-2H3. The molecule has 162 valence electrons. The van der Waals surface area contributed by atoms with Gasteiger partial charge in [-0.05, 0) is 56.5 Å². The van der Waals surface area contributed by atoms with Gasteiger partial charge in [0.25, 0.3) is 0 Å². The third-order valence-corrected chi connectivity index (χ3v) is 5.37. The van der Waals surface area contributed by atoms with Crippen LogP contribution in [0.4, 0.5) is 26.3 Å². The monoisotopic (exact) mass is 484 g/mol. The molecule has 0 aliphatic carbocycles. The van der Waals surface area contributed by atoms with Crippen molar-refractivity contribution in [2.24, 2.45) is 0 Å². The molecular weight excluding hydrogens is 462 g/mol. The second kappa shape index (κ2) is 9.08. The summed E-state index contributed by atoms with van der Waals surface area (Å²) >= 11 is 3.18. The van der Waals surface area contributed by atoms with E-state index in [4.69, 9.17) is 5.11 Å². The first kappa shape index (κ1) is 25.5. The summed E-state index contributed by atoms with van der Waals surface area (Å²) in [5, 5.41) is 8.77. The molecule has 0 amide bonds. The van der Waals surface area contributed by atoms with Crippen LogP contribution in [0.2, 0.25) is 0 Å². The van der Waals surface area contributed by atoms with Gasteiger partial charge in [-0.2, -0.15) is 26.3 Å². The number of hydrogen-bond acceptors (Lipinski definition) is 1. The third kappa shape index (κ3) is 6.22. The molecule has 0 saturated heterocycles. The molecule has 29 heavy (non-hydrogen) atoms. The number of benzene rings is 2. The molecule has 2 rings (SSSR count). The summed E-state index contributed by atoms with van der Waals surface area (Å²) in [5.41, 5.74) is -2.58. The normalized spacial score (nSPS) is 13.0. The van der Waals surface area contributed by atoms with Crippen LogP contribution in [0.25, 0.3) is 0 Å². The van der Waals surface area contributed by atoms with Crippen molar-refractivity contribution >= 4 is 15.9 Å². The van der Waals surface area contributed by atoms with E-state index in [1.165, 1.54) is 50.2 Å². The summed E-state index contributed by atoms with van der Waals surface area (Å²) in [7, 11) is 0. The summed E-state index contributed by atoms with van der Waals surface area (Å²) in [6, 6.07) is 12.0. The molecule has 0 unspecified atom stereocenters. The van der Waals surface area contributed by atoms with Gasteiger partial charge in [-0.15, -0.1) is 0 Å². The van der Waals surface area contributed by atoms with Gasteiger partial charge in [0.15, 0.2) is 0 Å². The Morgan fingerprint density at radius 1 is 0.655 bits per heavy atom. The highest BCUT2D eigenvalue weighted by Gasteiger charge is 2.49. The van der Waals surface area contributed by atoms with Crippen LogP contribution in [-0.4, -0.2) is 17.5 Å². The molecule has 2 aromatic carbocycles. The largest absolute Gasteiger partial charge is 0.397 e. The number of rotatable bonds is 3. The molecule has 1 N–H and O–H groups in total. The Balaban J connectivity index is 0.000000291. The smallest absolute Gasteiger partial charge is 0.392 e. The number of aliphatic hydroxyl groups excluding tert-OH is 1. The maximum absolute atomic E-state index is 12.7. The molecule has 0 radical (unpaired) electrons. The van der Waals surface area contributed by atoms with Crippen LogP contribution in [0.15, 0.2) is 53.0 Å². The summed E-state index contributed by atoms with van der Waals surface area (Å²) in [6.45, 7) is 4.47. The van der Waals surface area contributed by atoms with Crippen LogP contribution in [0.5, 0.6) is 0 Å². The van der Waals surface area contributed by atoms with E-state index < -0.39 is 23.2 Å². The van der Waals surface area contributed by atoms with Gasteiger partial charge in [-0.3, -0.25) is 0 Å². The van der Waals surface area contributed by atoms with Crippen LogP contribution in [0, 0.1) is 0 Å². The first-order valence-corrected chi connectivity index (χ1v) is 9.43. The van der Waals surface area contributed by atoms with Crippen LogP contribution < -0.4 is 0 Å². The van der Waals surface area contributed by atoms with Crippen LogP contribution >= 0.6 is 15.9 Å². The van der Waals surface area contributed by atoms with E-state index in [1.54, 1.807) is 12.1 Å². The van der Waals surface area contributed by atoms with Crippen LogP contribution in [-0.2, 0) is 17.4 Å². The third-order valence-electron chi connectivity index (χ3n) is 4.84. The molecule has 0 heterocycles. The molecule has 0 fully saturated rings. The zero-order chi connectivity index (χ0) is 22.7. The molecule has 8 heteroatoms. The van der Waals surface area contributed by atoms with E-state index in [9.17, 15) is 26.3 Å². The van der Waals surface area contributed by atoms with E-state index in [0.717, 1.165) is 18.3 Å². The van der Waals surface area contributed by atoms with E-state index in [-0.39, 0.29) is 17.7 Å². The summed E-state index contributed by atoms with van der Waals surface area (Å²) in [6.07, 6.45) is -8.49. The van der Waals surface area contributed by atoms with E-state index in [1.807, 2.05) is 0 Å². The lowest BCUT2D eigenvalue weighted by Gasteiger charge is -2.28. The van der Waals surface area contributed by atoms with Crippen LogP contribution in [0.1, 0.15) is 44.4 Å². The van der Waals surface area contributed by atoms with Gasteiger partial charge in [0.2, 0.25) is 0 Å². The Morgan fingerprint density at radius 3 is 1.24 bits per heavy atom. The molecule has 0 aliphatic rings. The fraction of sp³-hybridized carbons (Fsp3) is 0.429. The van der Waals surface area contributed by atoms with Crippen molar-refractivity contribution < 1.29 is 31.4 Å². The van der Waals surface area contributed by atoms with Crippen molar-refractivity contribution in [3.05, 3.63) is 69.7 Å². The Bertz CT molecular complexity index is 775. The minimum atomic E-state index is -4.27. The summed E-state index contributed by atoms with van der Waals surface area (Å²) < 4.78 is 76.6. The highest BCUT2D eigenvalue weighted by atomic mass is 79.9. The summed E-state index contributed by atoms with van der Waals surface area (Å²) in [4.78, 5) is 0. The lowest BCUT2D eigenvalue weighted by atomic mass is 9.83. The first-order valence-electron chi connectivity index (χ1n) is 8.64. The highest BCUT2D eigenvalue weighted by Crippen LogP contribution is 2.41. The molecule has 2 aromatic rings. The van der Waals surface area contributed by atoms with Crippen molar-refractivity contribution in [1.82, 2.24) is 0 Å². The lowest BCUT2D eigenvalue weighted by molar-refractivity contribution is -0.180. The predicted molar refractivity (Wildman–Crippen MR) is 105 cm³/mol. The Morgan fingerprint density at radius 2 is 0.966 bits per heavy atom. The quantitative estimate of drug-likeness (QED) is 0.452.